The number of likely N-dealkylation sites (N-methyl/N-ethyl adjacent to an activating group) is 2. The number of amidine groups is 1. The molecular weight excluding hydrogens is 264 g/mol. The van der Waals surface area contributed by atoms with Gasteiger partial charge in [-0.25, -0.2) is 0 Å². The normalized spacial score (nSPS) is 19.7. The van der Waals surface area contributed by atoms with E-state index in [4.69, 9.17) is 15.9 Å². The molecule has 1 unspecified atom stereocenters. The number of nitrogens with one attached hydrogen (secondary N) is 1. The number of nitrogens with zero attached hydrogens (tertiary/aromatic N) is 2. The Balaban J connectivity index is 1.74. The molecule has 0 radical (unpaired) electrons. The van der Waals surface area contributed by atoms with E-state index in [-0.39, 0.29) is 5.84 Å². The van der Waals surface area contributed by atoms with Gasteiger partial charge in [-0.15, -0.1) is 0 Å². The van der Waals surface area contributed by atoms with Crippen molar-refractivity contribution in [3.63, 3.8) is 0 Å². The highest BCUT2D eigenvalue weighted by molar-refractivity contribution is 5.94. The zero-order chi connectivity index (χ0) is 15.2. The molecule has 1 saturated heterocycles. The Morgan fingerprint density at radius 3 is 2.76 bits per heavy atom. The first-order valence-electron chi connectivity index (χ1n) is 7.52. The van der Waals surface area contributed by atoms with Crippen LogP contribution in [0.2, 0.25) is 0 Å². The van der Waals surface area contributed by atoms with Crippen molar-refractivity contribution in [2.75, 3.05) is 40.3 Å². The summed E-state index contributed by atoms with van der Waals surface area (Å²) < 4.78 is 5.76. The average Bonchev–Trinajstić information content (AvgIpc) is 2.47. The van der Waals surface area contributed by atoms with Crippen molar-refractivity contribution in [3.05, 3.63) is 29.8 Å². The van der Waals surface area contributed by atoms with Gasteiger partial charge in [0, 0.05) is 24.7 Å². The van der Waals surface area contributed by atoms with Gasteiger partial charge in [-0.2, -0.15) is 0 Å². The molecule has 5 nitrogen and oxygen atoms in total. The smallest absolute Gasteiger partial charge is 0.122 e. The van der Waals surface area contributed by atoms with Crippen LogP contribution in [0.4, 0.5) is 0 Å². The number of nitrogen functional groups attached to an aromatic ring is 1. The molecule has 5 heteroatoms. The van der Waals surface area contributed by atoms with Gasteiger partial charge in [0.2, 0.25) is 0 Å². The van der Waals surface area contributed by atoms with Gasteiger partial charge in [0.15, 0.2) is 0 Å². The summed E-state index contributed by atoms with van der Waals surface area (Å²) in [7, 11) is 4.36. The second kappa shape index (κ2) is 7.43. The van der Waals surface area contributed by atoms with Gasteiger partial charge in [0.1, 0.15) is 18.2 Å². The average molecular weight is 290 g/mol. The van der Waals surface area contributed by atoms with Crippen molar-refractivity contribution in [1.29, 1.82) is 5.41 Å². The largest absolute Gasteiger partial charge is 0.492 e. The number of likely N-dealkylation sites (tertiary alicyclic amines) is 1. The Labute approximate surface area is 127 Å². The zero-order valence-electron chi connectivity index (χ0n) is 13.0. The summed E-state index contributed by atoms with van der Waals surface area (Å²) >= 11 is 0. The number of piperidine rings is 1. The number of hydrogen-bond donors (Lipinski definition) is 2. The van der Waals surface area contributed by atoms with Crippen LogP contribution in [0.25, 0.3) is 0 Å². The molecule has 0 bridgehead atoms. The molecule has 0 aromatic heterocycles. The van der Waals surface area contributed by atoms with E-state index in [1.807, 2.05) is 24.3 Å². The van der Waals surface area contributed by atoms with Crippen molar-refractivity contribution < 1.29 is 4.74 Å². The van der Waals surface area contributed by atoms with Crippen molar-refractivity contribution in [1.82, 2.24) is 9.80 Å². The lowest BCUT2D eigenvalue weighted by Gasteiger charge is -2.35. The number of benzene rings is 1. The standard InChI is InChI=1S/C16H26N4O/c1-19-9-3-4-14(12-19)20(2)10-11-21-15-7-5-13(6-8-15)16(17)18/h5-8,14H,3-4,9-12H2,1-2H3,(H3,17,18). The van der Waals surface area contributed by atoms with Gasteiger partial charge in [-0.3, -0.25) is 10.3 Å². The molecular formula is C16H26N4O. The molecule has 1 fully saturated rings. The van der Waals surface area contributed by atoms with Crippen LogP contribution in [0.1, 0.15) is 18.4 Å². The molecule has 1 atom stereocenters. The molecule has 0 aliphatic carbocycles. The van der Waals surface area contributed by atoms with Crippen molar-refractivity contribution >= 4 is 5.84 Å². The molecule has 1 aliphatic heterocycles. The Hall–Kier alpha value is -1.59. The molecule has 0 amide bonds. The summed E-state index contributed by atoms with van der Waals surface area (Å²) in [5.74, 6) is 0.914. The van der Waals surface area contributed by atoms with E-state index in [0.29, 0.717) is 12.6 Å². The van der Waals surface area contributed by atoms with E-state index in [9.17, 15) is 0 Å². The van der Waals surface area contributed by atoms with E-state index in [1.165, 1.54) is 19.4 Å². The molecule has 3 N–H and O–H groups in total. The van der Waals surface area contributed by atoms with Crippen LogP contribution in [0.5, 0.6) is 5.75 Å². The molecule has 116 valence electrons. The SMILES string of the molecule is CN1CCCC(N(C)CCOc2ccc(C(=N)N)cc2)C1. The fourth-order valence-corrected chi connectivity index (χ4v) is 2.72. The lowest BCUT2D eigenvalue weighted by molar-refractivity contribution is 0.119. The van der Waals surface area contributed by atoms with Gasteiger partial charge >= 0.3 is 0 Å². The summed E-state index contributed by atoms with van der Waals surface area (Å²) in [5.41, 5.74) is 6.16. The van der Waals surface area contributed by atoms with Gasteiger partial charge in [0.25, 0.3) is 0 Å². The molecule has 1 aromatic carbocycles. The maximum Gasteiger partial charge on any atom is 0.122 e. The first-order valence-corrected chi connectivity index (χ1v) is 7.52. The molecule has 21 heavy (non-hydrogen) atoms. The van der Waals surface area contributed by atoms with Gasteiger partial charge in [0.05, 0.1) is 0 Å². The highest BCUT2D eigenvalue weighted by atomic mass is 16.5. The maximum atomic E-state index is 7.36. The topological polar surface area (TPSA) is 65.6 Å². The Bertz CT molecular complexity index is 460. The fraction of sp³-hybridized carbons (Fsp3) is 0.562. The summed E-state index contributed by atoms with van der Waals surface area (Å²) in [4.78, 5) is 4.78. The summed E-state index contributed by atoms with van der Waals surface area (Å²) in [6.45, 7) is 3.95. The second-order valence-corrected chi connectivity index (χ2v) is 5.83. The Kier molecular flexibility index (Phi) is 5.59. The molecule has 1 aromatic rings. The minimum atomic E-state index is 0.0858. The van der Waals surface area contributed by atoms with Gasteiger partial charge < -0.3 is 15.4 Å². The molecule has 0 saturated carbocycles. The van der Waals surface area contributed by atoms with Gasteiger partial charge in [-0.05, 0) is 57.7 Å². The zero-order valence-corrected chi connectivity index (χ0v) is 13.0. The van der Waals surface area contributed by atoms with Crippen molar-refractivity contribution in [3.8, 4) is 5.75 Å². The van der Waals surface area contributed by atoms with Crippen LogP contribution in [-0.4, -0.2) is 62.0 Å². The van der Waals surface area contributed by atoms with Crippen molar-refractivity contribution in [2.24, 2.45) is 5.73 Å². The lowest BCUT2D eigenvalue weighted by atomic mass is 10.1. The molecule has 0 spiro atoms. The lowest BCUT2D eigenvalue weighted by Crippen LogP contribution is -2.46. The third-order valence-corrected chi connectivity index (χ3v) is 4.10. The second-order valence-electron chi connectivity index (χ2n) is 5.83. The summed E-state index contributed by atoms with van der Waals surface area (Å²) in [5, 5.41) is 7.36. The number of rotatable bonds is 6. The monoisotopic (exact) mass is 290 g/mol. The van der Waals surface area contributed by atoms with Crippen LogP contribution >= 0.6 is 0 Å². The van der Waals surface area contributed by atoms with Crippen LogP contribution in [0.3, 0.4) is 0 Å². The highest BCUT2D eigenvalue weighted by Gasteiger charge is 2.20. The molecule has 2 rings (SSSR count). The Morgan fingerprint density at radius 2 is 2.14 bits per heavy atom. The van der Waals surface area contributed by atoms with E-state index in [0.717, 1.165) is 24.4 Å². The van der Waals surface area contributed by atoms with E-state index in [2.05, 4.69) is 23.9 Å². The van der Waals surface area contributed by atoms with E-state index < -0.39 is 0 Å². The minimum absolute atomic E-state index is 0.0858. The quantitative estimate of drug-likeness (QED) is 0.613. The first kappa shape index (κ1) is 15.8. The van der Waals surface area contributed by atoms with Gasteiger partial charge in [-0.1, -0.05) is 0 Å². The summed E-state index contributed by atoms with van der Waals surface area (Å²) in [6.07, 6.45) is 2.55. The number of ether oxygens (including phenoxy) is 1. The predicted molar refractivity (Wildman–Crippen MR) is 86.1 cm³/mol. The highest BCUT2D eigenvalue weighted by Crippen LogP contribution is 2.14. The Morgan fingerprint density at radius 1 is 1.43 bits per heavy atom. The maximum absolute atomic E-state index is 7.36. The molecule has 1 aliphatic rings. The van der Waals surface area contributed by atoms with E-state index in [1.54, 1.807) is 0 Å². The summed E-state index contributed by atoms with van der Waals surface area (Å²) in [6, 6.07) is 8.00. The predicted octanol–water partition coefficient (Wildman–Crippen LogP) is 1.38. The number of nitrogens with two attached hydrogens (primary N) is 1. The van der Waals surface area contributed by atoms with Crippen LogP contribution in [0.15, 0.2) is 24.3 Å². The van der Waals surface area contributed by atoms with E-state index >= 15 is 0 Å². The first-order chi connectivity index (χ1) is 10.1. The number of hydrogen-bond acceptors (Lipinski definition) is 4. The van der Waals surface area contributed by atoms with Crippen molar-refractivity contribution in [2.45, 2.75) is 18.9 Å². The minimum Gasteiger partial charge on any atom is -0.492 e. The third kappa shape index (κ3) is 4.72. The van der Waals surface area contributed by atoms with Crippen LogP contribution in [0, 0.1) is 5.41 Å². The fourth-order valence-electron chi connectivity index (χ4n) is 2.72. The van der Waals surface area contributed by atoms with Crippen LogP contribution < -0.4 is 10.5 Å². The van der Waals surface area contributed by atoms with Crippen LogP contribution in [-0.2, 0) is 0 Å². The third-order valence-electron chi connectivity index (χ3n) is 4.10. The molecule has 1 heterocycles.